The highest BCUT2D eigenvalue weighted by Crippen LogP contribution is 2.23. The first kappa shape index (κ1) is 17.1. The molecule has 0 amide bonds. The Kier molecular flexibility index (Phi) is 5.63. The van der Waals surface area contributed by atoms with Crippen LogP contribution in [-0.2, 0) is 11.3 Å². The van der Waals surface area contributed by atoms with Crippen molar-refractivity contribution in [3.05, 3.63) is 39.8 Å². The summed E-state index contributed by atoms with van der Waals surface area (Å²) in [5, 5.41) is 7.34. The van der Waals surface area contributed by atoms with Crippen LogP contribution in [-0.4, -0.2) is 39.8 Å². The lowest BCUT2D eigenvalue weighted by molar-refractivity contribution is 0.0941. The van der Waals surface area contributed by atoms with Gasteiger partial charge >= 0.3 is 5.69 Å². The Hall–Kier alpha value is -1.73. The van der Waals surface area contributed by atoms with Gasteiger partial charge in [-0.15, -0.1) is 5.10 Å². The summed E-state index contributed by atoms with van der Waals surface area (Å²) in [5.41, 5.74) is 2.09. The molecule has 0 radical (unpaired) electrons. The van der Waals surface area contributed by atoms with Gasteiger partial charge in [0.1, 0.15) is 5.75 Å². The van der Waals surface area contributed by atoms with Crippen LogP contribution >= 0.6 is 11.8 Å². The van der Waals surface area contributed by atoms with Gasteiger partial charge in [0.05, 0.1) is 19.3 Å². The summed E-state index contributed by atoms with van der Waals surface area (Å²) in [5.74, 6) is 1.67. The van der Waals surface area contributed by atoms with Crippen LogP contribution < -0.4 is 10.4 Å². The first-order valence-electron chi connectivity index (χ1n) is 8.24. The average Bonchev–Trinajstić information content (AvgIpc) is 3.18. The van der Waals surface area contributed by atoms with Crippen molar-refractivity contribution in [2.24, 2.45) is 0 Å². The summed E-state index contributed by atoms with van der Waals surface area (Å²) in [6.07, 6.45) is 2.17. The van der Waals surface area contributed by atoms with Crippen LogP contribution in [0.4, 0.5) is 0 Å². The van der Waals surface area contributed by atoms with Crippen LogP contribution in [0.1, 0.15) is 24.0 Å². The van der Waals surface area contributed by atoms with Crippen LogP contribution in [0.2, 0.25) is 0 Å². The van der Waals surface area contributed by atoms with Crippen LogP contribution in [0.15, 0.2) is 28.2 Å². The maximum Gasteiger partial charge on any atom is 0.344 e. The molecule has 0 aliphatic carbocycles. The Morgan fingerprint density at radius 1 is 1.42 bits per heavy atom. The Morgan fingerprint density at radius 3 is 2.92 bits per heavy atom. The van der Waals surface area contributed by atoms with Crippen LogP contribution in [0.3, 0.4) is 0 Å². The topological polar surface area (TPSA) is 69.1 Å². The van der Waals surface area contributed by atoms with Gasteiger partial charge in [0.2, 0.25) is 0 Å². The summed E-state index contributed by atoms with van der Waals surface area (Å²) in [6, 6.07) is 6.12. The molecule has 24 heavy (non-hydrogen) atoms. The van der Waals surface area contributed by atoms with Crippen molar-refractivity contribution in [1.82, 2.24) is 14.8 Å². The fourth-order valence-corrected chi connectivity index (χ4v) is 3.64. The predicted octanol–water partition coefficient (Wildman–Crippen LogP) is 2.54. The molecule has 2 aromatic rings. The molecule has 1 atom stereocenters. The minimum absolute atomic E-state index is 0.116. The largest absolute Gasteiger partial charge is 0.492 e. The van der Waals surface area contributed by atoms with Crippen molar-refractivity contribution in [3.8, 4) is 5.75 Å². The van der Waals surface area contributed by atoms with Crippen molar-refractivity contribution in [1.29, 1.82) is 0 Å². The number of H-pyrrole nitrogens is 1. The van der Waals surface area contributed by atoms with Gasteiger partial charge in [-0.1, -0.05) is 30.0 Å². The molecule has 0 saturated carbocycles. The number of aryl methyl sites for hydroxylation is 2. The summed E-state index contributed by atoms with van der Waals surface area (Å²) in [6.45, 7) is 6.00. The molecule has 1 aliphatic rings. The van der Waals surface area contributed by atoms with Gasteiger partial charge in [0.15, 0.2) is 5.16 Å². The van der Waals surface area contributed by atoms with Crippen molar-refractivity contribution < 1.29 is 9.47 Å². The number of nitrogens with one attached hydrogen (secondary N) is 1. The molecular formula is C17H23N3O3S. The highest BCUT2D eigenvalue weighted by Gasteiger charge is 2.19. The van der Waals surface area contributed by atoms with Crippen LogP contribution in [0, 0.1) is 13.8 Å². The standard InChI is InChI=1S/C17H23N3O3S/c1-12-5-3-6-13(2)15(12)23-9-10-24-17-19-18-16(21)20(17)11-14-7-4-8-22-14/h3,5-6,14H,4,7-11H2,1-2H3,(H,18,21). The highest BCUT2D eigenvalue weighted by molar-refractivity contribution is 7.99. The molecule has 1 saturated heterocycles. The van der Waals surface area contributed by atoms with Gasteiger partial charge in [-0.3, -0.25) is 4.57 Å². The number of benzene rings is 1. The second-order valence-electron chi connectivity index (χ2n) is 5.97. The Labute approximate surface area is 145 Å². The number of para-hydroxylation sites is 1. The molecule has 3 rings (SSSR count). The molecule has 1 aromatic carbocycles. The van der Waals surface area contributed by atoms with Gasteiger partial charge < -0.3 is 9.47 Å². The van der Waals surface area contributed by atoms with Crippen molar-refractivity contribution >= 4 is 11.8 Å². The molecule has 1 N–H and O–H groups in total. The second kappa shape index (κ2) is 7.90. The molecule has 1 fully saturated rings. The third-order valence-corrected chi connectivity index (χ3v) is 5.04. The molecule has 1 aromatic heterocycles. The van der Waals surface area contributed by atoms with E-state index in [1.54, 1.807) is 4.57 Å². The summed E-state index contributed by atoms with van der Waals surface area (Å²) in [4.78, 5) is 11.9. The number of nitrogens with zero attached hydrogens (tertiary/aromatic N) is 2. The Balaban J connectivity index is 1.54. The molecule has 2 heterocycles. The molecule has 130 valence electrons. The number of aromatic amines is 1. The molecule has 6 nitrogen and oxygen atoms in total. The average molecular weight is 349 g/mol. The molecule has 0 bridgehead atoms. The SMILES string of the molecule is Cc1cccc(C)c1OCCSc1n[nH]c(=O)n1CC1CCCO1. The number of hydrogen-bond donors (Lipinski definition) is 1. The maximum atomic E-state index is 11.9. The number of ether oxygens (including phenoxy) is 2. The summed E-state index contributed by atoms with van der Waals surface area (Å²) in [7, 11) is 0. The maximum absolute atomic E-state index is 11.9. The van der Waals surface area contributed by atoms with Gasteiger partial charge in [-0.05, 0) is 37.8 Å². The predicted molar refractivity (Wildman–Crippen MR) is 94.0 cm³/mol. The van der Waals surface area contributed by atoms with E-state index >= 15 is 0 Å². The van der Waals surface area contributed by atoms with Crippen molar-refractivity contribution in [2.45, 2.75) is 44.5 Å². The highest BCUT2D eigenvalue weighted by atomic mass is 32.2. The van der Waals surface area contributed by atoms with E-state index in [1.165, 1.54) is 11.8 Å². The van der Waals surface area contributed by atoms with Gasteiger partial charge in [-0.2, -0.15) is 0 Å². The number of thioether (sulfide) groups is 1. The minimum Gasteiger partial charge on any atom is -0.492 e. The Bertz CT molecular complexity index is 715. The fraction of sp³-hybridized carbons (Fsp3) is 0.529. The number of aromatic nitrogens is 3. The van der Waals surface area contributed by atoms with E-state index in [9.17, 15) is 4.79 Å². The normalized spacial score (nSPS) is 17.3. The zero-order valence-corrected chi connectivity index (χ0v) is 14.9. The Morgan fingerprint density at radius 2 is 2.21 bits per heavy atom. The van der Waals surface area contributed by atoms with E-state index in [0.29, 0.717) is 18.3 Å². The molecule has 7 heteroatoms. The molecular weight excluding hydrogens is 326 g/mol. The minimum atomic E-state index is -0.177. The van der Waals surface area contributed by atoms with Gasteiger partial charge in [0.25, 0.3) is 0 Å². The fourth-order valence-electron chi connectivity index (χ4n) is 2.87. The monoisotopic (exact) mass is 349 g/mol. The van der Waals surface area contributed by atoms with Crippen molar-refractivity contribution in [2.75, 3.05) is 19.0 Å². The third-order valence-electron chi connectivity index (χ3n) is 4.10. The summed E-state index contributed by atoms with van der Waals surface area (Å²) >= 11 is 1.52. The first-order valence-corrected chi connectivity index (χ1v) is 9.22. The second-order valence-corrected chi connectivity index (χ2v) is 7.04. The van der Waals surface area contributed by atoms with E-state index in [1.807, 2.05) is 32.0 Å². The van der Waals surface area contributed by atoms with E-state index in [-0.39, 0.29) is 11.8 Å². The first-order chi connectivity index (χ1) is 11.6. The van der Waals surface area contributed by atoms with E-state index in [4.69, 9.17) is 9.47 Å². The van der Waals surface area contributed by atoms with E-state index in [2.05, 4.69) is 10.2 Å². The van der Waals surface area contributed by atoms with Gasteiger partial charge in [0, 0.05) is 12.4 Å². The molecule has 1 unspecified atom stereocenters. The lowest BCUT2D eigenvalue weighted by Gasteiger charge is -2.12. The molecule has 1 aliphatic heterocycles. The number of rotatable bonds is 7. The molecule has 0 spiro atoms. The van der Waals surface area contributed by atoms with Crippen molar-refractivity contribution in [3.63, 3.8) is 0 Å². The lowest BCUT2D eigenvalue weighted by Crippen LogP contribution is -2.25. The summed E-state index contributed by atoms with van der Waals surface area (Å²) < 4.78 is 13.2. The van der Waals surface area contributed by atoms with Crippen LogP contribution in [0.25, 0.3) is 0 Å². The zero-order chi connectivity index (χ0) is 16.9. The quantitative estimate of drug-likeness (QED) is 0.614. The van der Waals surface area contributed by atoms with Gasteiger partial charge in [-0.25, -0.2) is 9.89 Å². The van der Waals surface area contributed by atoms with Crippen LogP contribution in [0.5, 0.6) is 5.75 Å². The lowest BCUT2D eigenvalue weighted by atomic mass is 10.1. The van der Waals surface area contributed by atoms with E-state index < -0.39 is 0 Å². The third kappa shape index (κ3) is 4.02. The van der Waals surface area contributed by atoms with E-state index in [0.717, 1.165) is 42.1 Å². The number of hydrogen-bond acceptors (Lipinski definition) is 5. The smallest absolute Gasteiger partial charge is 0.344 e. The zero-order valence-electron chi connectivity index (χ0n) is 14.1.